The third kappa shape index (κ3) is 1.70. The summed E-state index contributed by atoms with van der Waals surface area (Å²) in [5.74, 6) is 1.02. The van der Waals surface area contributed by atoms with Gasteiger partial charge in [-0.2, -0.15) is 0 Å². The Morgan fingerprint density at radius 3 is 2.69 bits per heavy atom. The summed E-state index contributed by atoms with van der Waals surface area (Å²) in [7, 11) is 5.97. The van der Waals surface area contributed by atoms with Gasteiger partial charge in [0.1, 0.15) is 5.82 Å². The van der Waals surface area contributed by atoms with E-state index in [-0.39, 0.29) is 6.17 Å². The molecule has 1 aromatic carbocycles. The Balaban J connectivity index is 2.52. The highest BCUT2D eigenvalue weighted by Crippen LogP contribution is 2.20. The van der Waals surface area contributed by atoms with Crippen molar-refractivity contribution < 1.29 is 0 Å². The Labute approximate surface area is 95.7 Å². The van der Waals surface area contributed by atoms with Gasteiger partial charge in [0, 0.05) is 7.05 Å². The summed E-state index contributed by atoms with van der Waals surface area (Å²) in [5.41, 5.74) is 9.31. The number of hydrogen-bond donors (Lipinski definition) is 1. The number of fused-ring (bicyclic) bond motifs is 1. The van der Waals surface area contributed by atoms with Gasteiger partial charge in [-0.3, -0.25) is 4.90 Å². The van der Waals surface area contributed by atoms with Gasteiger partial charge in [-0.25, -0.2) is 4.98 Å². The summed E-state index contributed by atoms with van der Waals surface area (Å²) in [5, 5.41) is 0. The molecule has 2 aromatic rings. The normalized spacial score (nSPS) is 13.6. The van der Waals surface area contributed by atoms with Crippen LogP contribution in [0.4, 0.5) is 0 Å². The highest BCUT2D eigenvalue weighted by molar-refractivity contribution is 5.76. The van der Waals surface area contributed by atoms with Gasteiger partial charge in [-0.1, -0.05) is 6.07 Å². The predicted molar refractivity (Wildman–Crippen MR) is 66.1 cm³/mol. The average molecular weight is 218 g/mol. The van der Waals surface area contributed by atoms with Gasteiger partial charge in [0.15, 0.2) is 0 Å². The van der Waals surface area contributed by atoms with Crippen LogP contribution in [0.15, 0.2) is 18.2 Å². The van der Waals surface area contributed by atoms with Crippen molar-refractivity contribution in [2.75, 3.05) is 14.1 Å². The number of nitrogens with zero attached hydrogens (tertiary/aromatic N) is 3. The molecule has 0 saturated carbocycles. The Morgan fingerprint density at radius 1 is 1.38 bits per heavy atom. The zero-order chi connectivity index (χ0) is 11.9. The number of imidazole rings is 1. The molecule has 16 heavy (non-hydrogen) atoms. The summed E-state index contributed by atoms with van der Waals surface area (Å²) in [6.45, 7) is 2.01. The van der Waals surface area contributed by atoms with E-state index >= 15 is 0 Å². The SMILES string of the molecule is Cc1nc2cc(C(N)N(C)C)ccc2n1C. The van der Waals surface area contributed by atoms with Gasteiger partial charge < -0.3 is 10.3 Å². The Hall–Kier alpha value is -1.39. The molecule has 86 valence electrons. The molecule has 0 saturated heterocycles. The Kier molecular flexibility index (Phi) is 2.69. The molecule has 1 heterocycles. The van der Waals surface area contributed by atoms with Crippen LogP contribution in [0.5, 0.6) is 0 Å². The van der Waals surface area contributed by atoms with E-state index in [1.165, 1.54) is 0 Å². The average Bonchev–Trinajstić information content (AvgIpc) is 2.53. The summed E-state index contributed by atoms with van der Waals surface area (Å²) in [6.07, 6.45) is -0.0771. The van der Waals surface area contributed by atoms with Crippen LogP contribution in [0.2, 0.25) is 0 Å². The van der Waals surface area contributed by atoms with E-state index < -0.39 is 0 Å². The van der Waals surface area contributed by atoms with Crippen LogP contribution in [0.3, 0.4) is 0 Å². The zero-order valence-electron chi connectivity index (χ0n) is 10.2. The lowest BCUT2D eigenvalue weighted by Crippen LogP contribution is -2.27. The summed E-state index contributed by atoms with van der Waals surface area (Å²) in [6, 6.07) is 6.20. The topological polar surface area (TPSA) is 47.1 Å². The molecule has 4 heteroatoms. The van der Waals surface area contributed by atoms with Crippen molar-refractivity contribution in [3.63, 3.8) is 0 Å². The molecular formula is C12H18N4. The summed E-state index contributed by atoms with van der Waals surface area (Å²) >= 11 is 0. The lowest BCUT2D eigenvalue weighted by molar-refractivity contribution is 0.307. The van der Waals surface area contributed by atoms with E-state index in [1.54, 1.807) is 0 Å². The monoisotopic (exact) mass is 218 g/mol. The van der Waals surface area contributed by atoms with Crippen LogP contribution < -0.4 is 5.73 Å². The highest BCUT2D eigenvalue weighted by Gasteiger charge is 2.11. The fraction of sp³-hybridized carbons (Fsp3) is 0.417. The second-order valence-electron chi connectivity index (χ2n) is 4.37. The second kappa shape index (κ2) is 3.88. The first-order chi connectivity index (χ1) is 7.50. The van der Waals surface area contributed by atoms with Gasteiger partial charge in [0.05, 0.1) is 17.2 Å². The van der Waals surface area contributed by atoms with Crippen LogP contribution in [-0.2, 0) is 7.05 Å². The maximum atomic E-state index is 6.07. The molecule has 4 nitrogen and oxygen atoms in total. The molecule has 0 bridgehead atoms. The number of hydrogen-bond acceptors (Lipinski definition) is 3. The number of benzene rings is 1. The van der Waals surface area contributed by atoms with Crippen molar-refractivity contribution in [2.24, 2.45) is 12.8 Å². The molecule has 0 aliphatic carbocycles. The quantitative estimate of drug-likeness (QED) is 0.775. The van der Waals surface area contributed by atoms with Gasteiger partial charge in [0.25, 0.3) is 0 Å². The molecule has 2 rings (SSSR count). The largest absolute Gasteiger partial charge is 0.331 e. The molecule has 0 fully saturated rings. The zero-order valence-corrected chi connectivity index (χ0v) is 10.2. The molecule has 0 amide bonds. The maximum absolute atomic E-state index is 6.07. The highest BCUT2D eigenvalue weighted by atomic mass is 15.2. The van der Waals surface area contributed by atoms with Crippen LogP contribution >= 0.6 is 0 Å². The van der Waals surface area contributed by atoms with Crippen molar-refractivity contribution in [3.8, 4) is 0 Å². The Bertz CT molecular complexity index is 513. The van der Waals surface area contributed by atoms with E-state index in [0.29, 0.717) is 0 Å². The maximum Gasteiger partial charge on any atom is 0.106 e. The lowest BCUT2D eigenvalue weighted by atomic mass is 10.1. The van der Waals surface area contributed by atoms with E-state index in [4.69, 9.17) is 5.73 Å². The first-order valence-electron chi connectivity index (χ1n) is 5.35. The first-order valence-corrected chi connectivity index (χ1v) is 5.35. The first kappa shape index (κ1) is 11.1. The predicted octanol–water partition coefficient (Wildman–Crippen LogP) is 1.40. The standard InChI is InChI=1S/C12H18N4/c1-8-14-10-7-9(12(13)15(2)3)5-6-11(10)16(8)4/h5-7,12H,13H2,1-4H3. The molecule has 2 N–H and O–H groups in total. The molecule has 1 unspecified atom stereocenters. The fourth-order valence-electron chi connectivity index (χ4n) is 1.82. The van der Waals surface area contributed by atoms with Gasteiger partial charge in [-0.15, -0.1) is 0 Å². The van der Waals surface area contributed by atoms with E-state index in [0.717, 1.165) is 22.4 Å². The van der Waals surface area contributed by atoms with Crippen LogP contribution in [0.25, 0.3) is 11.0 Å². The smallest absolute Gasteiger partial charge is 0.106 e. The molecule has 1 atom stereocenters. The second-order valence-corrected chi connectivity index (χ2v) is 4.37. The van der Waals surface area contributed by atoms with Crippen molar-refractivity contribution in [2.45, 2.75) is 13.1 Å². The molecule has 0 aliphatic rings. The molecular weight excluding hydrogens is 200 g/mol. The van der Waals surface area contributed by atoms with Crippen LogP contribution in [0, 0.1) is 6.92 Å². The van der Waals surface area contributed by atoms with Gasteiger partial charge in [0.2, 0.25) is 0 Å². The molecule has 0 aliphatic heterocycles. The van der Waals surface area contributed by atoms with E-state index in [2.05, 4.69) is 27.8 Å². The van der Waals surface area contributed by atoms with Gasteiger partial charge >= 0.3 is 0 Å². The van der Waals surface area contributed by atoms with Crippen molar-refractivity contribution >= 4 is 11.0 Å². The fourth-order valence-corrected chi connectivity index (χ4v) is 1.82. The Morgan fingerprint density at radius 2 is 2.06 bits per heavy atom. The van der Waals surface area contributed by atoms with E-state index in [1.807, 2.05) is 33.0 Å². The van der Waals surface area contributed by atoms with Crippen molar-refractivity contribution in [1.29, 1.82) is 0 Å². The minimum Gasteiger partial charge on any atom is -0.331 e. The molecule has 0 spiro atoms. The third-order valence-electron chi connectivity index (χ3n) is 3.03. The number of aromatic nitrogens is 2. The summed E-state index contributed by atoms with van der Waals surface area (Å²) < 4.78 is 2.08. The number of nitrogens with two attached hydrogens (primary N) is 1. The minimum atomic E-state index is -0.0771. The number of rotatable bonds is 2. The molecule has 0 radical (unpaired) electrons. The molecule has 1 aromatic heterocycles. The van der Waals surface area contributed by atoms with Crippen molar-refractivity contribution in [3.05, 3.63) is 29.6 Å². The van der Waals surface area contributed by atoms with E-state index in [9.17, 15) is 0 Å². The lowest BCUT2D eigenvalue weighted by Gasteiger charge is -2.19. The van der Waals surface area contributed by atoms with Gasteiger partial charge in [-0.05, 0) is 38.7 Å². The number of aryl methyl sites for hydroxylation is 2. The van der Waals surface area contributed by atoms with Crippen LogP contribution in [0.1, 0.15) is 17.6 Å². The third-order valence-corrected chi connectivity index (χ3v) is 3.03. The minimum absolute atomic E-state index is 0.0771. The van der Waals surface area contributed by atoms with Crippen molar-refractivity contribution in [1.82, 2.24) is 14.5 Å². The summed E-state index contributed by atoms with van der Waals surface area (Å²) in [4.78, 5) is 6.49. The van der Waals surface area contributed by atoms with Crippen LogP contribution in [-0.4, -0.2) is 28.5 Å².